The minimum Gasteiger partial charge on any atom is -0.455 e. The first kappa shape index (κ1) is 23.0. The second-order valence-corrected chi connectivity index (χ2v) is 11.8. The van der Waals surface area contributed by atoms with Crippen molar-refractivity contribution in [3.8, 4) is 33.4 Å². The van der Waals surface area contributed by atoms with Crippen LogP contribution in [0.15, 0.2) is 192 Å². The van der Waals surface area contributed by atoms with Crippen LogP contribution in [0.3, 0.4) is 0 Å². The summed E-state index contributed by atoms with van der Waals surface area (Å²) in [5, 5.41) is 3.26. The summed E-state index contributed by atoms with van der Waals surface area (Å²) in [7, 11) is 0. The molecule has 0 radical (unpaired) electrons. The number of hydrogen-bond acceptors (Lipinski definition) is 2. The summed E-state index contributed by atoms with van der Waals surface area (Å²) in [6.45, 7) is 0. The van der Waals surface area contributed by atoms with Crippen molar-refractivity contribution >= 4 is 49.8 Å². The first-order valence-corrected chi connectivity index (χ1v) is 15.9. The maximum absolute atomic E-state index is 8.73. The molecule has 9 aromatic rings. The molecule has 2 nitrogen and oxygen atoms in total. The van der Waals surface area contributed by atoms with Crippen LogP contribution >= 0.6 is 0 Å². The molecule has 48 heavy (non-hydrogen) atoms. The number of furan rings is 1. The largest absolute Gasteiger partial charge is 0.455 e. The molecule has 226 valence electrons. The third kappa shape index (κ3) is 4.92. The molecular weight excluding hydrogens is 583 g/mol. The second kappa shape index (κ2) is 11.8. The zero-order chi connectivity index (χ0) is 36.2. The van der Waals surface area contributed by atoms with Crippen LogP contribution in [0.2, 0.25) is 0 Å². The van der Waals surface area contributed by atoms with Crippen LogP contribution < -0.4 is 4.90 Å². The van der Waals surface area contributed by atoms with Crippen LogP contribution in [0.4, 0.5) is 17.1 Å². The van der Waals surface area contributed by atoms with E-state index < -0.39 is 6.04 Å². The van der Waals surface area contributed by atoms with Gasteiger partial charge in [-0.3, -0.25) is 0 Å². The molecule has 0 atom stereocenters. The van der Waals surface area contributed by atoms with E-state index in [1.807, 2.05) is 60.7 Å². The van der Waals surface area contributed by atoms with Gasteiger partial charge in [-0.25, -0.2) is 0 Å². The first-order valence-electron chi connectivity index (χ1n) is 18.4. The third-order valence-electron chi connectivity index (χ3n) is 8.95. The summed E-state index contributed by atoms with van der Waals surface area (Å²) in [6, 6.07) is 52.0. The summed E-state index contributed by atoms with van der Waals surface area (Å²) in [5.74, 6) is 0. The van der Waals surface area contributed by atoms with Gasteiger partial charge in [-0.1, -0.05) is 133 Å². The molecular formula is C46H31NO. The van der Waals surface area contributed by atoms with E-state index in [4.69, 9.17) is 11.3 Å². The number of rotatable bonds is 6. The molecule has 0 saturated heterocycles. The van der Waals surface area contributed by atoms with Gasteiger partial charge >= 0.3 is 0 Å². The number of benzene rings is 8. The van der Waals surface area contributed by atoms with Gasteiger partial charge in [0.1, 0.15) is 11.2 Å². The molecule has 0 bridgehead atoms. The Bertz CT molecular complexity index is 2790. The monoisotopic (exact) mass is 618 g/mol. The molecule has 0 aliphatic rings. The standard InChI is InChI=1S/C46H31NO/c1-4-12-32(13-5-1)33-20-25-38(26-21-33)47(37-16-8-3-9-17-37)39-27-22-34(23-28-39)36-24-29-45-43(30-36)44-31-42(35-14-6-2-7-15-35)40-18-10-11-19-41(40)46(44)48-45/h1-31H/i2D,6D,7D,14D,15D. The van der Waals surface area contributed by atoms with Crippen LogP contribution in [-0.4, -0.2) is 0 Å². The molecule has 0 aliphatic heterocycles. The number of hydrogen-bond donors (Lipinski definition) is 0. The Morgan fingerprint density at radius 2 is 0.938 bits per heavy atom. The third-order valence-corrected chi connectivity index (χ3v) is 8.95. The lowest BCUT2D eigenvalue weighted by Gasteiger charge is -2.26. The van der Waals surface area contributed by atoms with Crippen LogP contribution in [-0.2, 0) is 0 Å². The van der Waals surface area contributed by atoms with Crippen molar-refractivity contribution in [2.24, 2.45) is 0 Å². The summed E-state index contributed by atoms with van der Waals surface area (Å²) in [5.41, 5.74) is 9.65. The fraction of sp³-hybridized carbons (Fsp3) is 0. The number of fused-ring (bicyclic) bond motifs is 5. The average Bonchev–Trinajstić information content (AvgIpc) is 3.59. The van der Waals surface area contributed by atoms with Crippen molar-refractivity contribution in [2.45, 2.75) is 0 Å². The van der Waals surface area contributed by atoms with Crippen molar-refractivity contribution < 1.29 is 11.3 Å². The van der Waals surface area contributed by atoms with E-state index in [1.165, 1.54) is 5.56 Å². The Morgan fingerprint density at radius 1 is 0.396 bits per heavy atom. The lowest BCUT2D eigenvalue weighted by molar-refractivity contribution is 0.673. The predicted molar refractivity (Wildman–Crippen MR) is 202 cm³/mol. The molecule has 0 unspecified atom stereocenters. The van der Waals surface area contributed by atoms with E-state index in [0.717, 1.165) is 55.3 Å². The van der Waals surface area contributed by atoms with Crippen molar-refractivity contribution in [1.29, 1.82) is 0 Å². The Labute approximate surface area is 286 Å². The Kier molecular flexibility index (Phi) is 5.64. The average molecular weight is 619 g/mol. The molecule has 0 aliphatic carbocycles. The topological polar surface area (TPSA) is 16.4 Å². The van der Waals surface area contributed by atoms with E-state index >= 15 is 0 Å². The van der Waals surface area contributed by atoms with Gasteiger partial charge in [-0.2, -0.15) is 0 Å². The molecule has 2 heteroatoms. The molecule has 0 N–H and O–H groups in total. The summed E-state index contributed by atoms with van der Waals surface area (Å²) < 4.78 is 48.7. The SMILES string of the molecule is [2H]c1c([2H])c([2H])c(-c2cc3c4cc(-c5ccc(N(c6ccccc6)c6ccc(-c7ccccc7)cc6)cc5)ccc4oc3c3ccccc23)c([2H])c1[2H]. The van der Waals surface area contributed by atoms with E-state index in [1.54, 1.807) is 0 Å². The summed E-state index contributed by atoms with van der Waals surface area (Å²) in [4.78, 5) is 2.25. The zero-order valence-electron chi connectivity index (χ0n) is 30.9. The van der Waals surface area contributed by atoms with E-state index in [0.29, 0.717) is 16.7 Å². The maximum atomic E-state index is 8.73. The molecule has 0 fully saturated rings. The molecule has 1 aromatic heterocycles. The van der Waals surface area contributed by atoms with Crippen LogP contribution in [0.25, 0.3) is 66.1 Å². The Morgan fingerprint density at radius 3 is 1.62 bits per heavy atom. The highest BCUT2D eigenvalue weighted by Crippen LogP contribution is 2.41. The van der Waals surface area contributed by atoms with E-state index in [-0.39, 0.29) is 29.7 Å². The summed E-state index contributed by atoms with van der Waals surface area (Å²) in [6.07, 6.45) is 0. The number of anilines is 3. The zero-order valence-corrected chi connectivity index (χ0v) is 25.9. The van der Waals surface area contributed by atoms with Crippen molar-refractivity contribution in [1.82, 2.24) is 0 Å². The molecule has 1 heterocycles. The lowest BCUT2D eigenvalue weighted by atomic mass is 9.95. The normalized spacial score (nSPS) is 12.8. The van der Waals surface area contributed by atoms with Crippen LogP contribution in [0.5, 0.6) is 0 Å². The van der Waals surface area contributed by atoms with Crippen LogP contribution in [0, 0.1) is 0 Å². The van der Waals surface area contributed by atoms with E-state index in [2.05, 4.69) is 102 Å². The van der Waals surface area contributed by atoms with Gasteiger partial charge in [0.15, 0.2) is 0 Å². The van der Waals surface area contributed by atoms with Gasteiger partial charge < -0.3 is 9.32 Å². The Hall–Kier alpha value is -6.38. The number of para-hydroxylation sites is 1. The Balaban J connectivity index is 1.14. The minimum atomic E-state index is -0.411. The van der Waals surface area contributed by atoms with Gasteiger partial charge in [-0.15, -0.1) is 0 Å². The second-order valence-electron chi connectivity index (χ2n) is 11.8. The highest BCUT2D eigenvalue weighted by atomic mass is 16.3. The minimum absolute atomic E-state index is 0.174. The van der Waals surface area contributed by atoms with E-state index in [9.17, 15) is 0 Å². The van der Waals surface area contributed by atoms with Crippen LogP contribution in [0.1, 0.15) is 6.85 Å². The van der Waals surface area contributed by atoms with Crippen molar-refractivity contribution in [2.75, 3.05) is 4.90 Å². The van der Waals surface area contributed by atoms with Crippen molar-refractivity contribution in [3.63, 3.8) is 0 Å². The smallest absolute Gasteiger partial charge is 0.143 e. The molecule has 0 spiro atoms. The quantitative estimate of drug-likeness (QED) is 0.184. The maximum Gasteiger partial charge on any atom is 0.143 e. The van der Waals surface area contributed by atoms with Gasteiger partial charge in [0, 0.05) is 33.2 Å². The van der Waals surface area contributed by atoms with Crippen molar-refractivity contribution in [3.05, 3.63) is 188 Å². The predicted octanol–water partition coefficient (Wildman–Crippen LogP) is 13.2. The van der Waals surface area contributed by atoms with Gasteiger partial charge in [-0.05, 0) is 93.4 Å². The lowest BCUT2D eigenvalue weighted by Crippen LogP contribution is -2.09. The fourth-order valence-corrected chi connectivity index (χ4v) is 6.63. The molecule has 8 aromatic carbocycles. The first-order chi connectivity index (χ1) is 25.9. The summed E-state index contributed by atoms with van der Waals surface area (Å²) >= 11 is 0. The molecule has 0 amide bonds. The number of nitrogens with zero attached hydrogens (tertiary/aromatic N) is 1. The fourth-order valence-electron chi connectivity index (χ4n) is 6.63. The molecule has 0 saturated carbocycles. The highest BCUT2D eigenvalue weighted by Gasteiger charge is 2.16. The molecule has 9 rings (SSSR count). The highest BCUT2D eigenvalue weighted by molar-refractivity contribution is 6.19. The van der Waals surface area contributed by atoms with Gasteiger partial charge in [0.2, 0.25) is 0 Å². The van der Waals surface area contributed by atoms with Gasteiger partial charge in [0.05, 0.1) is 6.85 Å². The van der Waals surface area contributed by atoms with Gasteiger partial charge in [0.25, 0.3) is 0 Å².